The number of ether oxygens (including phenoxy) is 1. The van der Waals surface area contributed by atoms with Gasteiger partial charge in [-0.05, 0) is 41.3 Å². The number of anilines is 1. The van der Waals surface area contributed by atoms with Crippen molar-refractivity contribution in [2.45, 2.75) is 51.7 Å². The lowest BCUT2D eigenvalue weighted by Gasteiger charge is -2.34. The maximum Gasteiger partial charge on any atom is 0.200 e. The van der Waals surface area contributed by atoms with Gasteiger partial charge in [-0.15, -0.1) is 14.8 Å². The Morgan fingerprint density at radius 2 is 2.24 bits per heavy atom. The van der Waals surface area contributed by atoms with E-state index >= 15 is 0 Å². The summed E-state index contributed by atoms with van der Waals surface area (Å²) in [5.41, 5.74) is 0.655. The zero-order chi connectivity index (χ0) is 14.7. The van der Waals surface area contributed by atoms with Gasteiger partial charge in [0.05, 0.1) is 6.10 Å². The fourth-order valence-electron chi connectivity index (χ4n) is 3.04. The Hall–Kier alpha value is -1.76. The molecule has 2 aromatic rings. The molecular formula is C14H22N6O. The summed E-state index contributed by atoms with van der Waals surface area (Å²) in [5, 5.41) is 19.1. The number of nitrogens with one attached hydrogen (secondary N) is 1. The molecule has 1 saturated heterocycles. The highest BCUT2D eigenvalue weighted by molar-refractivity contribution is 5.42. The third-order valence-electron chi connectivity index (χ3n) is 4.31. The van der Waals surface area contributed by atoms with Gasteiger partial charge in [0.15, 0.2) is 5.65 Å². The standard InChI is InChI=1S/C14H22N6O/c1-3-10(4-2)12-9-11(7-8-21-12)15-13-5-6-14-16-18-19-20(14)17-13/h5-6,10-12H,3-4,7-9H2,1-2H3,(H,15,17). The van der Waals surface area contributed by atoms with E-state index in [1.165, 1.54) is 17.5 Å². The van der Waals surface area contributed by atoms with Gasteiger partial charge < -0.3 is 10.1 Å². The number of fused-ring (bicyclic) bond motifs is 1. The number of tetrazole rings is 1. The van der Waals surface area contributed by atoms with Crippen molar-refractivity contribution in [2.75, 3.05) is 11.9 Å². The number of hydrogen-bond acceptors (Lipinski definition) is 6. The maximum absolute atomic E-state index is 5.95. The van der Waals surface area contributed by atoms with Crippen molar-refractivity contribution in [2.24, 2.45) is 5.92 Å². The highest BCUT2D eigenvalue weighted by Crippen LogP contribution is 2.26. The summed E-state index contributed by atoms with van der Waals surface area (Å²) in [6, 6.07) is 4.19. The van der Waals surface area contributed by atoms with Crippen LogP contribution in [-0.4, -0.2) is 44.0 Å². The van der Waals surface area contributed by atoms with Crippen LogP contribution in [-0.2, 0) is 4.74 Å². The van der Waals surface area contributed by atoms with Gasteiger partial charge in [0.25, 0.3) is 0 Å². The number of nitrogens with zero attached hydrogens (tertiary/aromatic N) is 5. The van der Waals surface area contributed by atoms with Crippen molar-refractivity contribution >= 4 is 11.5 Å². The molecule has 0 aliphatic carbocycles. The SMILES string of the molecule is CCC(CC)C1CC(Nc2ccc3nnnn3n2)CCO1. The third kappa shape index (κ3) is 3.12. The van der Waals surface area contributed by atoms with E-state index in [0.717, 1.165) is 25.3 Å². The van der Waals surface area contributed by atoms with Crippen molar-refractivity contribution in [3.05, 3.63) is 12.1 Å². The molecule has 0 saturated carbocycles. The molecule has 0 aromatic carbocycles. The van der Waals surface area contributed by atoms with Crippen LogP contribution in [0.25, 0.3) is 5.65 Å². The summed E-state index contributed by atoms with van der Waals surface area (Å²) in [6.45, 7) is 5.29. The van der Waals surface area contributed by atoms with Crippen molar-refractivity contribution in [3.63, 3.8) is 0 Å². The van der Waals surface area contributed by atoms with Crippen molar-refractivity contribution in [1.29, 1.82) is 0 Å². The first-order valence-corrected chi connectivity index (χ1v) is 7.73. The van der Waals surface area contributed by atoms with Gasteiger partial charge in [0, 0.05) is 12.6 Å². The minimum absolute atomic E-state index is 0.350. The van der Waals surface area contributed by atoms with Crippen LogP contribution in [0.4, 0.5) is 5.82 Å². The van der Waals surface area contributed by atoms with E-state index in [2.05, 4.69) is 39.8 Å². The normalized spacial score (nSPS) is 22.8. The molecule has 0 amide bonds. The van der Waals surface area contributed by atoms with Crippen molar-refractivity contribution < 1.29 is 4.74 Å². The molecule has 1 aliphatic rings. The summed E-state index contributed by atoms with van der Waals surface area (Å²) in [4.78, 5) is 0. The molecule has 1 fully saturated rings. The molecule has 7 heteroatoms. The minimum Gasteiger partial charge on any atom is -0.378 e. The molecular weight excluding hydrogens is 268 g/mol. The predicted molar refractivity (Wildman–Crippen MR) is 79.0 cm³/mol. The highest BCUT2D eigenvalue weighted by Gasteiger charge is 2.27. The molecule has 21 heavy (non-hydrogen) atoms. The van der Waals surface area contributed by atoms with Gasteiger partial charge in [-0.1, -0.05) is 26.7 Å². The maximum atomic E-state index is 5.95. The minimum atomic E-state index is 0.350. The van der Waals surface area contributed by atoms with Crippen LogP contribution in [0.3, 0.4) is 0 Å². The molecule has 114 valence electrons. The molecule has 0 radical (unpaired) electrons. The van der Waals surface area contributed by atoms with E-state index in [1.54, 1.807) is 0 Å². The Morgan fingerprint density at radius 3 is 3.05 bits per heavy atom. The Labute approximate surface area is 124 Å². The highest BCUT2D eigenvalue weighted by atomic mass is 16.5. The Kier molecular flexibility index (Phi) is 4.28. The van der Waals surface area contributed by atoms with Gasteiger partial charge in [0.1, 0.15) is 5.82 Å². The van der Waals surface area contributed by atoms with Crippen LogP contribution in [0.2, 0.25) is 0 Å². The first-order chi connectivity index (χ1) is 10.3. The molecule has 0 spiro atoms. The zero-order valence-electron chi connectivity index (χ0n) is 12.6. The molecule has 0 bridgehead atoms. The second-order valence-electron chi connectivity index (χ2n) is 5.60. The summed E-state index contributed by atoms with van der Waals surface area (Å²) >= 11 is 0. The average molecular weight is 290 g/mol. The first-order valence-electron chi connectivity index (χ1n) is 7.73. The van der Waals surface area contributed by atoms with E-state index < -0.39 is 0 Å². The number of rotatable bonds is 5. The Morgan fingerprint density at radius 1 is 1.38 bits per heavy atom. The van der Waals surface area contributed by atoms with Gasteiger partial charge >= 0.3 is 0 Å². The van der Waals surface area contributed by atoms with Crippen LogP contribution in [0, 0.1) is 5.92 Å². The van der Waals surface area contributed by atoms with Crippen LogP contribution in [0.1, 0.15) is 39.5 Å². The molecule has 2 unspecified atom stereocenters. The fourth-order valence-corrected chi connectivity index (χ4v) is 3.04. The van der Waals surface area contributed by atoms with Crippen LogP contribution >= 0.6 is 0 Å². The molecule has 1 N–H and O–H groups in total. The predicted octanol–water partition coefficient (Wildman–Crippen LogP) is 1.91. The summed E-state index contributed by atoms with van der Waals surface area (Å²) < 4.78 is 7.39. The lowest BCUT2D eigenvalue weighted by molar-refractivity contribution is -0.0271. The lowest BCUT2D eigenvalue weighted by atomic mass is 9.89. The van der Waals surface area contributed by atoms with Crippen LogP contribution < -0.4 is 5.32 Å². The van der Waals surface area contributed by atoms with Gasteiger partial charge in [-0.25, -0.2) is 0 Å². The quantitative estimate of drug-likeness (QED) is 0.906. The lowest BCUT2D eigenvalue weighted by Crippen LogP contribution is -2.38. The number of hydrogen-bond donors (Lipinski definition) is 1. The zero-order valence-corrected chi connectivity index (χ0v) is 12.6. The van der Waals surface area contributed by atoms with Crippen molar-refractivity contribution in [3.8, 4) is 0 Å². The van der Waals surface area contributed by atoms with E-state index in [9.17, 15) is 0 Å². The largest absolute Gasteiger partial charge is 0.378 e. The Bertz CT molecular complexity index is 582. The molecule has 1 aliphatic heterocycles. The summed E-state index contributed by atoms with van der Waals surface area (Å²) in [7, 11) is 0. The van der Waals surface area contributed by atoms with Crippen LogP contribution in [0.5, 0.6) is 0 Å². The van der Waals surface area contributed by atoms with E-state index in [1.807, 2.05) is 12.1 Å². The van der Waals surface area contributed by atoms with Gasteiger partial charge in [-0.2, -0.15) is 0 Å². The molecule has 2 atom stereocenters. The summed E-state index contributed by atoms with van der Waals surface area (Å²) in [6.07, 6.45) is 4.72. The average Bonchev–Trinajstić information content (AvgIpc) is 2.96. The van der Waals surface area contributed by atoms with E-state index in [-0.39, 0.29) is 0 Å². The number of aromatic nitrogens is 5. The first kappa shape index (κ1) is 14.2. The topological polar surface area (TPSA) is 77.2 Å². The van der Waals surface area contributed by atoms with Gasteiger partial charge in [0.2, 0.25) is 0 Å². The smallest absolute Gasteiger partial charge is 0.200 e. The van der Waals surface area contributed by atoms with E-state index in [4.69, 9.17) is 4.74 Å². The third-order valence-corrected chi connectivity index (χ3v) is 4.31. The Balaban J connectivity index is 1.66. The molecule has 2 aromatic heterocycles. The molecule has 3 heterocycles. The second-order valence-corrected chi connectivity index (χ2v) is 5.60. The second kappa shape index (κ2) is 6.34. The fraction of sp³-hybridized carbons (Fsp3) is 0.714. The van der Waals surface area contributed by atoms with E-state index in [0.29, 0.717) is 23.7 Å². The van der Waals surface area contributed by atoms with Crippen molar-refractivity contribution in [1.82, 2.24) is 25.3 Å². The van der Waals surface area contributed by atoms with Crippen LogP contribution in [0.15, 0.2) is 12.1 Å². The molecule has 7 nitrogen and oxygen atoms in total. The summed E-state index contributed by atoms with van der Waals surface area (Å²) in [5.74, 6) is 1.45. The van der Waals surface area contributed by atoms with Gasteiger partial charge in [-0.3, -0.25) is 0 Å². The monoisotopic (exact) mass is 290 g/mol. The molecule has 3 rings (SSSR count).